The molecule has 4 rings (SSSR count). The van der Waals surface area contributed by atoms with Crippen molar-refractivity contribution in [3.63, 3.8) is 0 Å². The molecule has 2 aromatic carbocycles. The van der Waals surface area contributed by atoms with E-state index in [2.05, 4.69) is 0 Å². The molecule has 33 heavy (non-hydrogen) atoms. The van der Waals surface area contributed by atoms with Gasteiger partial charge in [-0.25, -0.2) is 4.39 Å². The minimum absolute atomic E-state index is 0.285. The zero-order valence-electron chi connectivity index (χ0n) is 18.3. The molecule has 0 aliphatic carbocycles. The molecule has 1 saturated heterocycles. The second-order valence-electron chi connectivity index (χ2n) is 8.78. The lowest BCUT2D eigenvalue weighted by molar-refractivity contribution is -0.376. The number of hydrogen-bond donors (Lipinski definition) is 5. The van der Waals surface area contributed by atoms with Crippen molar-refractivity contribution in [2.24, 2.45) is 0 Å². The number of halogens is 1. The highest BCUT2D eigenvalue weighted by atomic mass is 32.1. The molecule has 176 valence electrons. The maximum absolute atomic E-state index is 13.2. The van der Waals surface area contributed by atoms with E-state index in [1.165, 1.54) is 19.1 Å². The lowest BCUT2D eigenvalue weighted by Crippen LogP contribution is -2.67. The molecule has 0 saturated carbocycles. The van der Waals surface area contributed by atoms with Gasteiger partial charge in [-0.2, -0.15) is 0 Å². The van der Waals surface area contributed by atoms with Crippen molar-refractivity contribution in [3.8, 4) is 10.4 Å². The maximum atomic E-state index is 13.2. The first-order chi connectivity index (χ1) is 15.5. The van der Waals surface area contributed by atoms with Crippen LogP contribution in [-0.2, 0) is 11.2 Å². The normalized spacial score (nSPS) is 27.0. The largest absolute Gasteiger partial charge is 0.393 e. The molecule has 1 aliphatic rings. The van der Waals surface area contributed by atoms with Crippen LogP contribution in [0.5, 0.6) is 0 Å². The van der Waals surface area contributed by atoms with Crippen LogP contribution in [-0.4, -0.2) is 55.7 Å². The van der Waals surface area contributed by atoms with Gasteiger partial charge in [-0.1, -0.05) is 30.3 Å². The topological polar surface area (TPSA) is 110 Å². The van der Waals surface area contributed by atoms with Crippen molar-refractivity contribution in [1.29, 1.82) is 0 Å². The molecule has 3 aromatic rings. The fourth-order valence-electron chi connectivity index (χ4n) is 4.07. The summed E-state index contributed by atoms with van der Waals surface area (Å²) in [4.78, 5) is 2.07. The second-order valence-corrected chi connectivity index (χ2v) is 9.95. The van der Waals surface area contributed by atoms with Crippen LogP contribution in [0.25, 0.3) is 10.4 Å². The van der Waals surface area contributed by atoms with E-state index in [1.807, 2.05) is 25.1 Å². The van der Waals surface area contributed by atoms with E-state index in [1.54, 1.807) is 35.6 Å². The van der Waals surface area contributed by atoms with Crippen LogP contribution in [0.1, 0.15) is 34.6 Å². The Kier molecular flexibility index (Phi) is 6.45. The monoisotopic (exact) mass is 474 g/mol. The fourth-order valence-corrected chi connectivity index (χ4v) is 5.10. The van der Waals surface area contributed by atoms with Gasteiger partial charge in [0, 0.05) is 16.2 Å². The first-order valence-corrected chi connectivity index (χ1v) is 11.4. The number of aliphatic hydroxyl groups is 5. The minimum Gasteiger partial charge on any atom is -0.393 e. The number of aryl methyl sites for hydroxylation is 1. The Hall–Kier alpha value is -2.17. The van der Waals surface area contributed by atoms with Crippen molar-refractivity contribution < 1.29 is 34.7 Å². The van der Waals surface area contributed by atoms with E-state index < -0.39 is 36.3 Å². The Morgan fingerprint density at radius 1 is 1.00 bits per heavy atom. The highest BCUT2D eigenvalue weighted by Gasteiger charge is 2.59. The maximum Gasteiger partial charge on any atom is 0.223 e. The van der Waals surface area contributed by atoms with E-state index in [9.17, 15) is 29.9 Å². The molecule has 2 heterocycles. The summed E-state index contributed by atoms with van der Waals surface area (Å²) in [5.41, 5.74) is 1.67. The Labute approximate surface area is 195 Å². The third-order valence-electron chi connectivity index (χ3n) is 6.28. The molecular formula is C25H27FO6S. The first kappa shape index (κ1) is 24.0. The summed E-state index contributed by atoms with van der Waals surface area (Å²) < 4.78 is 19.0. The Morgan fingerprint density at radius 2 is 1.70 bits per heavy atom. The number of thiophene rings is 1. The number of rotatable bonds is 5. The molecule has 4 atom stereocenters. The van der Waals surface area contributed by atoms with Crippen molar-refractivity contribution in [2.75, 3.05) is 6.61 Å². The van der Waals surface area contributed by atoms with Crippen LogP contribution in [0.3, 0.4) is 0 Å². The molecule has 0 amide bonds. The van der Waals surface area contributed by atoms with Gasteiger partial charge in [0.1, 0.15) is 29.7 Å². The molecule has 1 fully saturated rings. The van der Waals surface area contributed by atoms with Crippen LogP contribution < -0.4 is 0 Å². The SMILES string of the molecule is Cc1ccc([C@@H]2O[C@](C)(CO)[C@@H](O)[C@H](O)C2(O)O)cc1Cc1ccc(-c2ccc(F)cc2)s1. The van der Waals surface area contributed by atoms with Gasteiger partial charge in [-0.3, -0.25) is 0 Å². The quantitative estimate of drug-likeness (QED) is 0.364. The minimum atomic E-state index is -2.75. The fraction of sp³-hybridized carbons (Fsp3) is 0.360. The number of aliphatic hydroxyl groups excluding tert-OH is 3. The van der Waals surface area contributed by atoms with E-state index in [0.29, 0.717) is 12.0 Å². The summed E-state index contributed by atoms with van der Waals surface area (Å²) in [6, 6.07) is 15.6. The van der Waals surface area contributed by atoms with E-state index >= 15 is 0 Å². The lowest BCUT2D eigenvalue weighted by atomic mass is 9.81. The van der Waals surface area contributed by atoms with E-state index in [4.69, 9.17) is 4.74 Å². The lowest BCUT2D eigenvalue weighted by Gasteiger charge is -2.50. The molecule has 0 bridgehead atoms. The smallest absolute Gasteiger partial charge is 0.223 e. The summed E-state index contributed by atoms with van der Waals surface area (Å²) in [5.74, 6) is -3.04. The van der Waals surface area contributed by atoms with Gasteiger partial charge in [-0.15, -0.1) is 11.3 Å². The molecule has 1 aliphatic heterocycles. The highest BCUT2D eigenvalue weighted by Crippen LogP contribution is 2.43. The average Bonchev–Trinajstić information content (AvgIpc) is 3.26. The van der Waals surface area contributed by atoms with Crippen molar-refractivity contribution in [1.82, 2.24) is 0 Å². The highest BCUT2D eigenvalue weighted by molar-refractivity contribution is 7.15. The molecule has 8 heteroatoms. The van der Waals surface area contributed by atoms with Crippen LogP contribution >= 0.6 is 11.3 Å². The third kappa shape index (κ3) is 4.48. The van der Waals surface area contributed by atoms with E-state index in [0.717, 1.165) is 26.4 Å². The van der Waals surface area contributed by atoms with Gasteiger partial charge in [0.2, 0.25) is 5.79 Å². The Balaban J connectivity index is 1.63. The summed E-state index contributed by atoms with van der Waals surface area (Å²) in [6.07, 6.45) is -4.43. The van der Waals surface area contributed by atoms with Gasteiger partial charge in [0.15, 0.2) is 0 Å². The van der Waals surface area contributed by atoms with Crippen molar-refractivity contribution in [3.05, 3.63) is 82.0 Å². The van der Waals surface area contributed by atoms with Crippen LogP contribution in [0.4, 0.5) is 4.39 Å². The number of ether oxygens (including phenoxy) is 1. The Morgan fingerprint density at radius 3 is 2.36 bits per heavy atom. The summed E-state index contributed by atoms with van der Waals surface area (Å²) >= 11 is 1.58. The van der Waals surface area contributed by atoms with Gasteiger partial charge in [0.05, 0.1) is 6.61 Å². The molecule has 6 nitrogen and oxygen atoms in total. The molecule has 5 N–H and O–H groups in total. The predicted molar refractivity (Wildman–Crippen MR) is 122 cm³/mol. The van der Waals surface area contributed by atoms with Crippen LogP contribution in [0.2, 0.25) is 0 Å². The third-order valence-corrected chi connectivity index (χ3v) is 7.41. The van der Waals surface area contributed by atoms with Gasteiger partial charge >= 0.3 is 0 Å². The summed E-state index contributed by atoms with van der Waals surface area (Å²) in [6.45, 7) is 2.73. The summed E-state index contributed by atoms with van der Waals surface area (Å²) in [7, 11) is 0. The van der Waals surface area contributed by atoms with Crippen LogP contribution in [0, 0.1) is 12.7 Å². The van der Waals surface area contributed by atoms with Gasteiger partial charge in [-0.05, 0) is 60.4 Å². The summed E-state index contributed by atoms with van der Waals surface area (Å²) in [5, 5.41) is 51.4. The zero-order valence-corrected chi connectivity index (χ0v) is 19.1. The van der Waals surface area contributed by atoms with Gasteiger partial charge in [0.25, 0.3) is 0 Å². The first-order valence-electron chi connectivity index (χ1n) is 10.6. The van der Waals surface area contributed by atoms with Crippen molar-refractivity contribution >= 4 is 11.3 Å². The number of hydrogen-bond acceptors (Lipinski definition) is 7. The van der Waals surface area contributed by atoms with Crippen LogP contribution in [0.15, 0.2) is 54.6 Å². The standard InChI is InChI=1S/C25H27FO6S/c1-14-3-4-16(23-25(30,31)22(29)21(28)24(2,13-27)32-23)11-17(14)12-19-9-10-20(33-19)15-5-7-18(26)8-6-15/h3-11,21-23,27-31H,12-13H2,1-2H3/t21-,22-,23-,24+/m0/s1. The Bertz CT molecular complexity index is 1130. The molecule has 0 unspecified atom stereocenters. The average molecular weight is 475 g/mol. The van der Waals surface area contributed by atoms with Crippen molar-refractivity contribution in [2.45, 2.75) is 50.0 Å². The molecular weight excluding hydrogens is 447 g/mol. The van der Waals surface area contributed by atoms with Gasteiger partial charge < -0.3 is 30.3 Å². The zero-order chi connectivity index (χ0) is 24.0. The predicted octanol–water partition coefficient (Wildman–Crippen LogP) is 2.68. The molecule has 0 spiro atoms. The number of benzene rings is 2. The second kappa shape index (κ2) is 8.88. The van der Waals surface area contributed by atoms with E-state index in [-0.39, 0.29) is 5.82 Å². The molecule has 0 radical (unpaired) electrons. The molecule has 1 aromatic heterocycles.